The van der Waals surface area contributed by atoms with Gasteiger partial charge in [-0.1, -0.05) is 27.7 Å². The van der Waals surface area contributed by atoms with Crippen molar-refractivity contribution < 1.29 is 19.5 Å². The van der Waals surface area contributed by atoms with Crippen molar-refractivity contribution in [3.8, 4) is 0 Å². The van der Waals surface area contributed by atoms with Crippen molar-refractivity contribution in [1.29, 1.82) is 0 Å². The summed E-state index contributed by atoms with van der Waals surface area (Å²) in [6, 6.07) is 0. The smallest absolute Gasteiger partial charge is 0.306 e. The molecule has 6 nitrogen and oxygen atoms in total. The quantitative estimate of drug-likeness (QED) is 0.551. The first kappa shape index (κ1) is 18.4. The Morgan fingerprint density at radius 1 is 1.05 bits per heavy atom. The van der Waals surface area contributed by atoms with Crippen LogP contribution in [0.15, 0.2) is 0 Å². The van der Waals surface area contributed by atoms with Gasteiger partial charge in [0.2, 0.25) is 11.8 Å². The van der Waals surface area contributed by atoms with Crippen LogP contribution < -0.4 is 10.6 Å². The van der Waals surface area contributed by atoms with Gasteiger partial charge in [-0.2, -0.15) is 0 Å². The number of carboxylic acids is 1. The van der Waals surface area contributed by atoms with Crippen LogP contribution in [0.1, 0.15) is 40.5 Å². The molecule has 0 aliphatic carbocycles. The summed E-state index contributed by atoms with van der Waals surface area (Å²) in [6.07, 6.45) is 0.735. The van der Waals surface area contributed by atoms with Crippen LogP contribution in [0.4, 0.5) is 0 Å². The number of aliphatic carboxylic acids is 1. The normalized spacial score (nSPS) is 13.7. The standard InChI is InChI=1S/C14H26N2O4/c1-5-11(9(2)3)13(18)16-7-6-15-12(17)8-10(4)14(19)20/h9-11H,5-8H2,1-4H3,(H,15,17)(H,16,18)(H,19,20). The average Bonchev–Trinajstić information content (AvgIpc) is 2.34. The van der Waals surface area contributed by atoms with Crippen molar-refractivity contribution >= 4 is 17.8 Å². The molecular weight excluding hydrogens is 260 g/mol. The Morgan fingerprint density at radius 3 is 2.05 bits per heavy atom. The van der Waals surface area contributed by atoms with Gasteiger partial charge < -0.3 is 15.7 Å². The number of amides is 2. The Kier molecular flexibility index (Phi) is 8.59. The molecule has 0 saturated carbocycles. The Balaban J connectivity index is 3.88. The van der Waals surface area contributed by atoms with Crippen LogP contribution >= 0.6 is 0 Å². The van der Waals surface area contributed by atoms with Gasteiger partial charge in [0, 0.05) is 25.4 Å². The van der Waals surface area contributed by atoms with E-state index in [1.807, 2.05) is 20.8 Å². The monoisotopic (exact) mass is 286 g/mol. The molecule has 0 rings (SSSR count). The fourth-order valence-corrected chi connectivity index (χ4v) is 1.92. The van der Waals surface area contributed by atoms with E-state index in [0.717, 1.165) is 6.42 Å². The van der Waals surface area contributed by atoms with E-state index in [-0.39, 0.29) is 30.1 Å². The molecule has 0 spiro atoms. The molecule has 3 N–H and O–H groups in total. The number of carbonyl (C=O) groups is 3. The lowest BCUT2D eigenvalue weighted by Crippen LogP contribution is -2.39. The number of carboxylic acid groups (broad SMARTS) is 1. The second-order valence-electron chi connectivity index (χ2n) is 5.34. The summed E-state index contributed by atoms with van der Waals surface area (Å²) in [6.45, 7) is 8.13. The highest BCUT2D eigenvalue weighted by Crippen LogP contribution is 2.14. The predicted octanol–water partition coefficient (Wildman–Crippen LogP) is 1.01. The van der Waals surface area contributed by atoms with E-state index in [1.54, 1.807) is 0 Å². The molecule has 0 saturated heterocycles. The molecule has 0 heterocycles. The van der Waals surface area contributed by atoms with Crippen LogP contribution in [0, 0.1) is 17.8 Å². The third-order valence-corrected chi connectivity index (χ3v) is 3.24. The van der Waals surface area contributed by atoms with Gasteiger partial charge >= 0.3 is 5.97 Å². The molecule has 0 radical (unpaired) electrons. The van der Waals surface area contributed by atoms with Gasteiger partial charge in [-0.15, -0.1) is 0 Å². The molecule has 0 aromatic carbocycles. The predicted molar refractivity (Wildman–Crippen MR) is 76.1 cm³/mol. The molecule has 0 bridgehead atoms. The summed E-state index contributed by atoms with van der Waals surface area (Å²) in [5.41, 5.74) is 0. The number of hydrogen-bond donors (Lipinski definition) is 3. The first-order valence-electron chi connectivity index (χ1n) is 7.06. The number of nitrogens with one attached hydrogen (secondary N) is 2. The summed E-state index contributed by atoms with van der Waals surface area (Å²) in [5, 5.41) is 14.0. The third-order valence-electron chi connectivity index (χ3n) is 3.24. The second-order valence-corrected chi connectivity index (χ2v) is 5.34. The minimum absolute atomic E-state index is 0.00402. The largest absolute Gasteiger partial charge is 0.481 e. The van der Waals surface area contributed by atoms with Crippen molar-refractivity contribution in [1.82, 2.24) is 10.6 Å². The van der Waals surface area contributed by atoms with Crippen LogP contribution in [0.3, 0.4) is 0 Å². The van der Waals surface area contributed by atoms with Gasteiger partial charge in [-0.25, -0.2) is 0 Å². The lowest BCUT2D eigenvalue weighted by atomic mass is 9.92. The fraction of sp³-hybridized carbons (Fsp3) is 0.786. The van der Waals surface area contributed by atoms with Gasteiger partial charge in [0.05, 0.1) is 5.92 Å². The summed E-state index contributed by atoms with van der Waals surface area (Å²) in [7, 11) is 0. The average molecular weight is 286 g/mol. The Bertz CT molecular complexity index is 342. The zero-order valence-corrected chi connectivity index (χ0v) is 12.7. The molecule has 0 fully saturated rings. The van der Waals surface area contributed by atoms with E-state index in [2.05, 4.69) is 10.6 Å². The molecule has 0 aromatic rings. The highest BCUT2D eigenvalue weighted by atomic mass is 16.4. The minimum Gasteiger partial charge on any atom is -0.481 e. The molecule has 0 aromatic heterocycles. The highest BCUT2D eigenvalue weighted by molar-refractivity contribution is 5.82. The fourth-order valence-electron chi connectivity index (χ4n) is 1.92. The summed E-state index contributed by atoms with van der Waals surface area (Å²) < 4.78 is 0. The first-order valence-corrected chi connectivity index (χ1v) is 7.06. The maximum Gasteiger partial charge on any atom is 0.306 e. The maximum atomic E-state index is 11.8. The van der Waals surface area contributed by atoms with Crippen LogP contribution in [0.25, 0.3) is 0 Å². The van der Waals surface area contributed by atoms with Crippen molar-refractivity contribution in [3.05, 3.63) is 0 Å². The number of rotatable bonds is 9. The van der Waals surface area contributed by atoms with Crippen molar-refractivity contribution in [2.24, 2.45) is 17.8 Å². The number of hydrogen-bond acceptors (Lipinski definition) is 3. The summed E-state index contributed by atoms with van der Waals surface area (Å²) >= 11 is 0. The van der Waals surface area contributed by atoms with Crippen molar-refractivity contribution in [2.45, 2.75) is 40.5 Å². The molecule has 20 heavy (non-hydrogen) atoms. The molecule has 116 valence electrons. The Labute approximate surface area is 120 Å². The molecule has 0 aliphatic rings. The van der Waals surface area contributed by atoms with E-state index >= 15 is 0 Å². The molecule has 2 amide bonds. The zero-order chi connectivity index (χ0) is 15.7. The molecular formula is C14H26N2O4. The van der Waals surface area contributed by atoms with E-state index in [9.17, 15) is 14.4 Å². The van der Waals surface area contributed by atoms with Crippen LogP contribution in [0.2, 0.25) is 0 Å². The SMILES string of the molecule is CCC(C(=O)NCCNC(=O)CC(C)C(=O)O)C(C)C. The van der Waals surface area contributed by atoms with Crippen LogP contribution in [-0.4, -0.2) is 36.0 Å². The summed E-state index contributed by atoms with van der Waals surface area (Å²) in [4.78, 5) is 33.8. The maximum absolute atomic E-state index is 11.8. The second kappa shape index (κ2) is 9.34. The Hall–Kier alpha value is -1.59. The lowest BCUT2D eigenvalue weighted by molar-refractivity contribution is -0.143. The Morgan fingerprint density at radius 2 is 1.60 bits per heavy atom. The molecule has 2 atom stereocenters. The topological polar surface area (TPSA) is 95.5 Å². The summed E-state index contributed by atoms with van der Waals surface area (Å²) in [5.74, 6) is -1.74. The molecule has 2 unspecified atom stereocenters. The zero-order valence-electron chi connectivity index (χ0n) is 12.7. The van der Waals surface area contributed by atoms with E-state index in [1.165, 1.54) is 6.92 Å². The van der Waals surface area contributed by atoms with Crippen molar-refractivity contribution in [2.75, 3.05) is 13.1 Å². The van der Waals surface area contributed by atoms with E-state index in [0.29, 0.717) is 13.1 Å². The number of carbonyl (C=O) groups excluding carboxylic acids is 2. The lowest BCUT2D eigenvalue weighted by Gasteiger charge is -2.18. The van der Waals surface area contributed by atoms with Gasteiger partial charge in [0.1, 0.15) is 0 Å². The minimum atomic E-state index is -0.990. The van der Waals surface area contributed by atoms with E-state index in [4.69, 9.17) is 5.11 Å². The molecule has 6 heteroatoms. The highest BCUT2D eigenvalue weighted by Gasteiger charge is 2.19. The third kappa shape index (κ3) is 7.11. The first-order chi connectivity index (χ1) is 9.29. The van der Waals surface area contributed by atoms with E-state index < -0.39 is 11.9 Å². The van der Waals surface area contributed by atoms with Gasteiger partial charge in [-0.05, 0) is 12.3 Å². The molecule has 0 aliphatic heterocycles. The van der Waals surface area contributed by atoms with Crippen LogP contribution in [0.5, 0.6) is 0 Å². The van der Waals surface area contributed by atoms with Gasteiger partial charge in [0.25, 0.3) is 0 Å². The van der Waals surface area contributed by atoms with Crippen LogP contribution in [-0.2, 0) is 14.4 Å². The van der Waals surface area contributed by atoms with Gasteiger partial charge in [-0.3, -0.25) is 14.4 Å². The van der Waals surface area contributed by atoms with Crippen molar-refractivity contribution in [3.63, 3.8) is 0 Å². The van der Waals surface area contributed by atoms with Gasteiger partial charge in [0.15, 0.2) is 0 Å².